The number of carbonyl (C=O) groups excluding carboxylic acids is 1. The minimum atomic E-state index is 0. The largest absolute Gasteiger partial charge is 0.655 e. The van der Waals surface area contributed by atoms with Gasteiger partial charge in [0.1, 0.15) is 0 Å². The van der Waals surface area contributed by atoms with E-state index < -0.39 is 0 Å². The van der Waals surface area contributed by atoms with Gasteiger partial charge >= 0.3 is 0 Å². The summed E-state index contributed by atoms with van der Waals surface area (Å²) in [6.07, 6.45) is 9.41. The third kappa shape index (κ3) is 3.60. The molecule has 0 spiro atoms. The molecule has 5 heteroatoms. The Morgan fingerprint density at radius 1 is 1.29 bits per heavy atom. The molecule has 1 radical (unpaired) electrons. The van der Waals surface area contributed by atoms with Gasteiger partial charge in [-0.15, -0.1) is 19.0 Å². The Labute approximate surface area is 127 Å². The van der Waals surface area contributed by atoms with Crippen molar-refractivity contribution < 1.29 is 42.7 Å². The van der Waals surface area contributed by atoms with E-state index in [0.29, 0.717) is 6.04 Å². The minimum absolute atomic E-state index is 0. The van der Waals surface area contributed by atoms with E-state index in [1.54, 1.807) is 5.57 Å². The molecule has 2 N–H and O–H groups in total. The molecular formula is C12H18N2O2Y-2. The van der Waals surface area contributed by atoms with Crippen LogP contribution in [0.25, 0.3) is 5.32 Å². The Morgan fingerprint density at radius 2 is 1.94 bits per heavy atom. The van der Waals surface area contributed by atoms with E-state index >= 15 is 0 Å². The van der Waals surface area contributed by atoms with Crippen LogP contribution >= 0.6 is 0 Å². The Kier molecular flexibility index (Phi) is 6.86. The van der Waals surface area contributed by atoms with E-state index in [9.17, 15) is 0 Å². The van der Waals surface area contributed by atoms with Gasteiger partial charge in [-0.25, -0.2) is 0 Å². The number of hydrogen-bond acceptors (Lipinski definition) is 2. The monoisotopic (exact) mass is 311 g/mol. The van der Waals surface area contributed by atoms with Crippen LogP contribution in [0.5, 0.6) is 0 Å². The van der Waals surface area contributed by atoms with Crippen molar-refractivity contribution in [3.05, 3.63) is 16.5 Å². The molecule has 17 heavy (non-hydrogen) atoms. The van der Waals surface area contributed by atoms with E-state index in [2.05, 4.69) is 0 Å². The molecule has 4 nitrogen and oxygen atoms in total. The second kappa shape index (κ2) is 7.62. The van der Waals surface area contributed by atoms with Gasteiger partial charge < -0.3 is 20.8 Å². The molecule has 0 aromatic carbocycles. The summed E-state index contributed by atoms with van der Waals surface area (Å²) in [6, 6.07) is 0.680. The van der Waals surface area contributed by atoms with Crippen molar-refractivity contribution in [2.45, 2.75) is 44.6 Å². The van der Waals surface area contributed by atoms with E-state index in [1.165, 1.54) is 38.5 Å². The number of allylic oxidation sites excluding steroid dienone is 1. The van der Waals surface area contributed by atoms with E-state index in [-0.39, 0.29) is 32.7 Å². The summed E-state index contributed by atoms with van der Waals surface area (Å²) >= 11 is 0. The Morgan fingerprint density at radius 3 is 2.59 bits per heavy atom. The van der Waals surface area contributed by atoms with Gasteiger partial charge in [0.05, 0.1) is 0 Å². The summed E-state index contributed by atoms with van der Waals surface area (Å²) in [5.41, 5.74) is 4.73. The van der Waals surface area contributed by atoms with Crippen molar-refractivity contribution in [3.8, 4) is 0 Å². The van der Waals surface area contributed by atoms with Crippen LogP contribution in [0.2, 0.25) is 0 Å². The van der Waals surface area contributed by atoms with Gasteiger partial charge in [0, 0.05) is 32.7 Å². The molecule has 0 saturated carbocycles. The zero-order valence-electron chi connectivity index (χ0n) is 9.98. The summed E-state index contributed by atoms with van der Waals surface area (Å²) in [5, 5.41) is 11.9. The standard InChI is InChI=1S/C11H16N.CH2NO2.Y/c1-3-8-4-2-6-10-11(8)9(5-1)7-12-10;3-1-2-4;/h9-10H,1-7H2;4H,(H,2,3);/q2*-1;. The average Bonchev–Trinajstić information content (AvgIpc) is 2.76. The predicted molar refractivity (Wildman–Crippen MR) is 60.8 cm³/mol. The summed E-state index contributed by atoms with van der Waals surface area (Å²) in [6.45, 7) is 1.16. The Hall–Kier alpha value is 0.234. The molecule has 1 heterocycles. The van der Waals surface area contributed by atoms with Crippen molar-refractivity contribution >= 4 is 6.41 Å². The van der Waals surface area contributed by atoms with Crippen LogP contribution in [-0.2, 0) is 37.5 Å². The predicted octanol–water partition coefficient (Wildman–Crippen LogP) is 2.05. The summed E-state index contributed by atoms with van der Waals surface area (Å²) in [5.74, 6) is 0.888. The molecule has 1 aliphatic heterocycles. The zero-order valence-corrected chi connectivity index (χ0v) is 12.8. The van der Waals surface area contributed by atoms with Crippen molar-refractivity contribution in [1.29, 1.82) is 0 Å². The number of hydrogen-bond donors (Lipinski definition) is 2. The Balaban J connectivity index is 0.000000258. The van der Waals surface area contributed by atoms with E-state index in [0.717, 1.165) is 24.4 Å². The van der Waals surface area contributed by atoms with Gasteiger partial charge in [0.2, 0.25) is 0 Å². The van der Waals surface area contributed by atoms with Crippen LogP contribution in [0.4, 0.5) is 0 Å². The Bertz CT molecular complexity index is 272. The minimum Gasteiger partial charge on any atom is -0.655 e. The second-order valence-electron chi connectivity index (χ2n) is 4.64. The molecule has 3 aliphatic rings. The first-order chi connectivity index (χ1) is 7.86. The fourth-order valence-electron chi connectivity index (χ4n) is 3.23. The second-order valence-corrected chi connectivity index (χ2v) is 4.64. The molecule has 0 aromatic heterocycles. The summed E-state index contributed by atoms with van der Waals surface area (Å²) in [7, 11) is 0. The van der Waals surface area contributed by atoms with Crippen LogP contribution < -0.4 is 5.48 Å². The molecule has 1 fully saturated rings. The normalized spacial score (nSPS) is 29.5. The zero-order chi connectivity index (χ0) is 11.4. The maximum absolute atomic E-state index is 8.69. The fourth-order valence-corrected chi connectivity index (χ4v) is 3.23. The number of nitrogens with zero attached hydrogens (tertiary/aromatic N) is 1. The average molecular weight is 311 g/mol. The van der Waals surface area contributed by atoms with Crippen molar-refractivity contribution in [2.75, 3.05) is 6.54 Å². The smallest absolute Gasteiger partial charge is 0 e. The SMILES string of the molecule is C1CC2=C3C(C1)C[N-]C3CCC2.O=[C-]NO.[Y]. The number of amides is 1. The van der Waals surface area contributed by atoms with Gasteiger partial charge in [0.15, 0.2) is 0 Å². The molecule has 2 atom stereocenters. The number of hydroxylamine groups is 1. The van der Waals surface area contributed by atoms with Gasteiger partial charge in [-0.1, -0.05) is 24.0 Å². The quantitative estimate of drug-likeness (QED) is 0.256. The topological polar surface area (TPSA) is 63.4 Å². The number of nitrogens with one attached hydrogen (secondary N) is 1. The summed E-state index contributed by atoms with van der Waals surface area (Å²) in [4.78, 5) is 8.69. The maximum atomic E-state index is 8.69. The van der Waals surface area contributed by atoms with Gasteiger partial charge in [-0.05, 0) is 31.6 Å². The van der Waals surface area contributed by atoms with E-state index in [4.69, 9.17) is 15.3 Å². The van der Waals surface area contributed by atoms with Crippen LogP contribution in [0.1, 0.15) is 38.5 Å². The molecule has 2 unspecified atom stereocenters. The third-order valence-electron chi connectivity index (χ3n) is 3.79. The van der Waals surface area contributed by atoms with Crippen LogP contribution in [0.15, 0.2) is 11.1 Å². The van der Waals surface area contributed by atoms with E-state index in [1.807, 2.05) is 5.57 Å². The molecular weight excluding hydrogens is 293 g/mol. The molecule has 0 bridgehead atoms. The van der Waals surface area contributed by atoms with Gasteiger partial charge in [-0.3, -0.25) is 0 Å². The molecule has 1 amide bonds. The van der Waals surface area contributed by atoms with Crippen molar-refractivity contribution in [1.82, 2.24) is 5.48 Å². The van der Waals surface area contributed by atoms with Crippen molar-refractivity contribution in [3.63, 3.8) is 0 Å². The third-order valence-corrected chi connectivity index (χ3v) is 3.79. The first-order valence-corrected chi connectivity index (χ1v) is 6.01. The van der Waals surface area contributed by atoms with Crippen molar-refractivity contribution in [2.24, 2.45) is 5.92 Å². The molecule has 2 aliphatic carbocycles. The van der Waals surface area contributed by atoms with Crippen LogP contribution in [0.3, 0.4) is 0 Å². The maximum Gasteiger partial charge on any atom is 0 e. The number of rotatable bonds is 1. The fraction of sp³-hybridized carbons (Fsp3) is 0.750. The molecule has 0 aromatic rings. The van der Waals surface area contributed by atoms with Gasteiger partial charge in [-0.2, -0.15) is 0 Å². The molecule has 3 rings (SSSR count). The molecule has 93 valence electrons. The molecule has 1 saturated heterocycles. The first-order valence-electron chi connectivity index (χ1n) is 6.01. The van der Waals surface area contributed by atoms with Gasteiger partial charge in [0.25, 0.3) is 0 Å². The van der Waals surface area contributed by atoms with Crippen LogP contribution in [-0.4, -0.2) is 24.2 Å². The van der Waals surface area contributed by atoms with Crippen LogP contribution in [0, 0.1) is 5.92 Å². The summed E-state index contributed by atoms with van der Waals surface area (Å²) < 4.78 is 0. The first kappa shape index (κ1) is 15.3.